The average molecular weight is 387 g/mol. The average Bonchev–Trinajstić information content (AvgIpc) is 3.40. The SMILES string of the molecule is COc1cccc(-c2sc(N(C)C)nc2C(=O)N2[C@@H]3CC[C@@H](C3)[C@H]2CN)c1. The summed E-state index contributed by atoms with van der Waals surface area (Å²) in [6.45, 7) is 0.520. The molecule has 1 aliphatic carbocycles. The quantitative estimate of drug-likeness (QED) is 0.856. The van der Waals surface area contributed by atoms with E-state index < -0.39 is 0 Å². The molecule has 1 aromatic carbocycles. The Morgan fingerprint density at radius 2 is 2.22 bits per heavy atom. The number of amides is 1. The minimum absolute atomic E-state index is 0.0137. The van der Waals surface area contributed by atoms with Crippen molar-refractivity contribution in [3.05, 3.63) is 30.0 Å². The molecule has 2 heterocycles. The maximum atomic E-state index is 13.6. The van der Waals surface area contributed by atoms with Gasteiger partial charge in [-0.3, -0.25) is 4.79 Å². The van der Waals surface area contributed by atoms with Crippen LogP contribution in [-0.4, -0.2) is 55.6 Å². The summed E-state index contributed by atoms with van der Waals surface area (Å²) < 4.78 is 5.37. The Bertz CT molecular complexity index is 850. The highest BCUT2D eigenvalue weighted by molar-refractivity contribution is 7.19. The van der Waals surface area contributed by atoms with Crippen LogP contribution >= 0.6 is 11.3 Å². The Morgan fingerprint density at radius 3 is 2.93 bits per heavy atom. The van der Waals surface area contributed by atoms with Gasteiger partial charge in [-0.05, 0) is 42.9 Å². The van der Waals surface area contributed by atoms with Crippen molar-refractivity contribution in [3.8, 4) is 16.2 Å². The molecular weight excluding hydrogens is 360 g/mol. The molecule has 6 nitrogen and oxygen atoms in total. The van der Waals surface area contributed by atoms with Gasteiger partial charge < -0.3 is 20.3 Å². The molecule has 27 heavy (non-hydrogen) atoms. The van der Waals surface area contributed by atoms with E-state index in [1.54, 1.807) is 7.11 Å². The Hall–Kier alpha value is -2.12. The van der Waals surface area contributed by atoms with Gasteiger partial charge in [-0.25, -0.2) is 4.98 Å². The summed E-state index contributed by atoms with van der Waals surface area (Å²) in [5.41, 5.74) is 7.52. The molecule has 2 aliphatic rings. The van der Waals surface area contributed by atoms with Crippen LogP contribution in [-0.2, 0) is 0 Å². The van der Waals surface area contributed by atoms with Crippen LogP contribution in [0.3, 0.4) is 0 Å². The lowest BCUT2D eigenvalue weighted by molar-refractivity contribution is 0.0598. The third-order valence-corrected chi connectivity index (χ3v) is 7.02. The van der Waals surface area contributed by atoms with Crippen LogP contribution in [0, 0.1) is 5.92 Å². The smallest absolute Gasteiger partial charge is 0.274 e. The zero-order valence-corrected chi connectivity index (χ0v) is 16.8. The van der Waals surface area contributed by atoms with Gasteiger partial charge in [0.05, 0.1) is 12.0 Å². The third kappa shape index (κ3) is 3.08. The number of anilines is 1. The second-order valence-corrected chi connectivity index (χ2v) is 8.52. The Morgan fingerprint density at radius 1 is 1.41 bits per heavy atom. The first-order valence-corrected chi connectivity index (χ1v) is 10.2. The van der Waals surface area contributed by atoms with Crippen LogP contribution in [0.5, 0.6) is 5.75 Å². The van der Waals surface area contributed by atoms with Crippen LogP contribution in [0.4, 0.5) is 5.13 Å². The number of likely N-dealkylation sites (tertiary alicyclic amines) is 1. The monoisotopic (exact) mass is 386 g/mol. The van der Waals surface area contributed by atoms with Gasteiger partial charge >= 0.3 is 0 Å². The zero-order chi connectivity index (χ0) is 19.1. The second-order valence-electron chi connectivity index (χ2n) is 7.54. The molecule has 2 fully saturated rings. The summed E-state index contributed by atoms with van der Waals surface area (Å²) in [6.07, 6.45) is 3.33. The normalized spacial score (nSPS) is 23.7. The summed E-state index contributed by atoms with van der Waals surface area (Å²) in [5, 5.41) is 0.824. The van der Waals surface area contributed by atoms with Gasteiger partial charge in [-0.15, -0.1) is 0 Å². The number of methoxy groups -OCH3 is 1. The van der Waals surface area contributed by atoms with E-state index in [0.717, 1.165) is 34.2 Å². The highest BCUT2D eigenvalue weighted by Gasteiger charge is 2.48. The molecule has 4 rings (SSSR count). The molecule has 144 valence electrons. The predicted octanol–water partition coefficient (Wildman–Crippen LogP) is 2.84. The zero-order valence-electron chi connectivity index (χ0n) is 16.0. The molecule has 1 aliphatic heterocycles. The molecule has 1 saturated heterocycles. The van der Waals surface area contributed by atoms with Crippen molar-refractivity contribution >= 4 is 22.4 Å². The Labute approximate surface area is 163 Å². The molecule has 1 amide bonds. The van der Waals surface area contributed by atoms with Crippen molar-refractivity contribution in [1.29, 1.82) is 0 Å². The number of rotatable bonds is 5. The van der Waals surface area contributed by atoms with Crippen LogP contribution < -0.4 is 15.4 Å². The van der Waals surface area contributed by atoms with Crippen molar-refractivity contribution in [1.82, 2.24) is 9.88 Å². The standard InChI is InChI=1S/C20H26N4O2S/c1-23(2)20-22-17(18(27-20)13-5-4-6-15(10-13)26-3)19(25)24-14-8-7-12(9-14)16(24)11-21/h4-6,10,12,14,16H,7-9,11,21H2,1-3H3/t12-,14+,16+/m0/s1. The molecule has 0 unspecified atom stereocenters. The molecule has 2 N–H and O–H groups in total. The first kappa shape index (κ1) is 18.3. The topological polar surface area (TPSA) is 71.7 Å². The number of thiazole rings is 1. The summed E-state index contributed by atoms with van der Waals surface area (Å²) in [5.74, 6) is 1.32. The molecule has 0 spiro atoms. The van der Waals surface area contributed by atoms with Crippen molar-refractivity contribution in [2.24, 2.45) is 11.7 Å². The van der Waals surface area contributed by atoms with E-state index in [2.05, 4.69) is 0 Å². The number of aromatic nitrogens is 1. The molecule has 3 atom stereocenters. The van der Waals surface area contributed by atoms with Gasteiger partial charge in [0, 0.05) is 32.7 Å². The van der Waals surface area contributed by atoms with Gasteiger partial charge in [0.15, 0.2) is 5.13 Å². The molecule has 2 aromatic rings. The van der Waals surface area contributed by atoms with Crippen molar-refractivity contribution in [2.45, 2.75) is 31.3 Å². The second kappa shape index (κ2) is 7.13. The Balaban J connectivity index is 1.76. The van der Waals surface area contributed by atoms with E-state index in [4.69, 9.17) is 15.5 Å². The van der Waals surface area contributed by atoms with E-state index in [-0.39, 0.29) is 11.9 Å². The first-order chi connectivity index (χ1) is 13.0. The first-order valence-electron chi connectivity index (χ1n) is 9.38. The van der Waals surface area contributed by atoms with Crippen molar-refractivity contribution in [2.75, 3.05) is 32.6 Å². The van der Waals surface area contributed by atoms with Gasteiger partial charge in [-0.2, -0.15) is 0 Å². The number of carbonyl (C=O) groups is 1. The van der Waals surface area contributed by atoms with E-state index in [1.165, 1.54) is 17.8 Å². The largest absolute Gasteiger partial charge is 0.497 e. The fraction of sp³-hybridized carbons (Fsp3) is 0.500. The molecular formula is C20H26N4O2S. The van der Waals surface area contributed by atoms with E-state index in [1.807, 2.05) is 48.2 Å². The fourth-order valence-corrected chi connectivity index (χ4v) is 5.42. The number of piperidine rings is 1. The molecule has 7 heteroatoms. The molecule has 1 aromatic heterocycles. The summed E-state index contributed by atoms with van der Waals surface area (Å²) in [7, 11) is 5.54. The number of hydrogen-bond donors (Lipinski definition) is 1. The van der Waals surface area contributed by atoms with Crippen LogP contribution in [0.25, 0.3) is 10.4 Å². The van der Waals surface area contributed by atoms with E-state index in [9.17, 15) is 4.79 Å². The van der Waals surface area contributed by atoms with Crippen LogP contribution in [0.1, 0.15) is 29.8 Å². The third-order valence-electron chi connectivity index (χ3n) is 5.75. The number of carbonyl (C=O) groups excluding carboxylic acids is 1. The summed E-state index contributed by atoms with van der Waals surface area (Å²) >= 11 is 1.54. The number of nitrogens with zero attached hydrogens (tertiary/aromatic N) is 3. The highest BCUT2D eigenvalue weighted by Crippen LogP contribution is 2.44. The minimum Gasteiger partial charge on any atom is -0.497 e. The molecule has 2 bridgehead atoms. The van der Waals surface area contributed by atoms with E-state index in [0.29, 0.717) is 24.2 Å². The van der Waals surface area contributed by atoms with Crippen LogP contribution in [0.15, 0.2) is 24.3 Å². The van der Waals surface area contributed by atoms with Gasteiger partial charge in [-0.1, -0.05) is 23.5 Å². The maximum absolute atomic E-state index is 13.6. The Kier molecular flexibility index (Phi) is 4.82. The van der Waals surface area contributed by atoms with E-state index >= 15 is 0 Å². The number of hydrogen-bond acceptors (Lipinski definition) is 6. The lowest BCUT2D eigenvalue weighted by atomic mass is 9.98. The molecule has 0 radical (unpaired) electrons. The fourth-order valence-electron chi connectivity index (χ4n) is 4.44. The number of fused-ring (bicyclic) bond motifs is 2. The van der Waals surface area contributed by atoms with Gasteiger partial charge in [0.25, 0.3) is 5.91 Å². The molecule has 1 saturated carbocycles. The van der Waals surface area contributed by atoms with Crippen molar-refractivity contribution < 1.29 is 9.53 Å². The maximum Gasteiger partial charge on any atom is 0.274 e. The van der Waals surface area contributed by atoms with Crippen molar-refractivity contribution in [3.63, 3.8) is 0 Å². The number of benzene rings is 1. The van der Waals surface area contributed by atoms with Crippen LogP contribution in [0.2, 0.25) is 0 Å². The highest BCUT2D eigenvalue weighted by atomic mass is 32.1. The minimum atomic E-state index is 0.0137. The summed E-state index contributed by atoms with van der Waals surface area (Å²) in [6, 6.07) is 8.25. The number of ether oxygens (including phenoxy) is 1. The van der Waals surface area contributed by atoms with Gasteiger partial charge in [0.2, 0.25) is 0 Å². The predicted molar refractivity (Wildman–Crippen MR) is 109 cm³/mol. The lowest BCUT2D eigenvalue weighted by Crippen LogP contribution is -2.48. The van der Waals surface area contributed by atoms with Gasteiger partial charge in [0.1, 0.15) is 11.4 Å². The summed E-state index contributed by atoms with van der Waals surface area (Å²) in [4.78, 5) is 23.1. The number of nitrogens with two attached hydrogens (primary N) is 1. The lowest BCUT2D eigenvalue weighted by Gasteiger charge is -2.34.